The van der Waals surface area contributed by atoms with E-state index in [1.807, 2.05) is 11.8 Å². The third kappa shape index (κ3) is 1.58. The van der Waals surface area contributed by atoms with Gasteiger partial charge < -0.3 is 5.32 Å². The Hall–Kier alpha value is -0.180. The van der Waals surface area contributed by atoms with E-state index < -0.39 is 0 Å². The zero-order chi connectivity index (χ0) is 9.64. The highest BCUT2D eigenvalue weighted by Gasteiger charge is 2.47. The lowest BCUT2D eigenvalue weighted by Gasteiger charge is -2.30. The zero-order valence-electron chi connectivity index (χ0n) is 8.46. The second kappa shape index (κ2) is 2.91. The van der Waals surface area contributed by atoms with Crippen LogP contribution in [0.25, 0.3) is 0 Å². The highest BCUT2D eigenvalue weighted by molar-refractivity contribution is 8.00. The van der Waals surface area contributed by atoms with Crippen LogP contribution < -0.4 is 5.32 Å². The fraction of sp³-hybridized carbons (Fsp3) is 0.900. The molecule has 0 saturated carbocycles. The Morgan fingerprint density at radius 2 is 2.15 bits per heavy atom. The van der Waals surface area contributed by atoms with Gasteiger partial charge in [0, 0.05) is 17.7 Å². The largest absolute Gasteiger partial charge is 0.352 e. The first-order valence-electron chi connectivity index (χ1n) is 4.89. The number of thioether (sulfide) groups is 1. The Morgan fingerprint density at radius 3 is 2.77 bits per heavy atom. The molecule has 2 nitrogen and oxygen atoms in total. The summed E-state index contributed by atoms with van der Waals surface area (Å²) in [5, 5.41) is 3.71. The van der Waals surface area contributed by atoms with Gasteiger partial charge in [-0.15, -0.1) is 0 Å². The van der Waals surface area contributed by atoms with Gasteiger partial charge in [0.15, 0.2) is 0 Å². The van der Waals surface area contributed by atoms with Crippen molar-refractivity contribution in [3.63, 3.8) is 0 Å². The van der Waals surface area contributed by atoms with E-state index in [0.717, 1.165) is 12.2 Å². The van der Waals surface area contributed by atoms with Gasteiger partial charge in [0.2, 0.25) is 5.91 Å². The number of carbonyl (C=O) groups excluding carboxylic acids is 1. The fourth-order valence-corrected chi connectivity index (χ4v) is 4.11. The van der Waals surface area contributed by atoms with Crippen LogP contribution in [0.5, 0.6) is 0 Å². The van der Waals surface area contributed by atoms with Gasteiger partial charge in [-0.1, -0.05) is 20.8 Å². The van der Waals surface area contributed by atoms with Crippen molar-refractivity contribution in [2.45, 2.75) is 38.5 Å². The maximum Gasteiger partial charge on any atom is 0.220 e. The van der Waals surface area contributed by atoms with Crippen molar-refractivity contribution in [2.24, 2.45) is 11.3 Å². The minimum atomic E-state index is 0.254. The van der Waals surface area contributed by atoms with Crippen LogP contribution in [-0.4, -0.2) is 23.0 Å². The van der Waals surface area contributed by atoms with Crippen LogP contribution in [0.3, 0.4) is 0 Å². The topological polar surface area (TPSA) is 29.1 Å². The molecule has 3 atom stereocenters. The lowest BCUT2D eigenvalue weighted by atomic mass is 9.84. The molecule has 2 fully saturated rings. The van der Waals surface area contributed by atoms with E-state index >= 15 is 0 Å². The molecule has 0 aromatic carbocycles. The molecule has 2 saturated heterocycles. The molecular formula is C10H17NOS. The normalized spacial score (nSPS) is 39.0. The summed E-state index contributed by atoms with van der Waals surface area (Å²) in [6, 6.07) is 0.442. The summed E-state index contributed by atoms with van der Waals surface area (Å²) in [6.07, 6.45) is 0.754. The van der Waals surface area contributed by atoms with Crippen LogP contribution in [0.15, 0.2) is 0 Å². The third-order valence-corrected chi connectivity index (χ3v) is 4.93. The third-order valence-electron chi connectivity index (χ3n) is 2.95. The second-order valence-electron chi connectivity index (χ2n) is 5.18. The van der Waals surface area contributed by atoms with Crippen molar-refractivity contribution in [3.8, 4) is 0 Å². The number of rotatable bonds is 0. The molecule has 2 aliphatic rings. The molecule has 0 aromatic rings. The summed E-state index contributed by atoms with van der Waals surface area (Å²) in [5.74, 6) is 2.01. The van der Waals surface area contributed by atoms with Gasteiger partial charge in [-0.3, -0.25) is 4.79 Å². The van der Waals surface area contributed by atoms with Crippen molar-refractivity contribution < 1.29 is 4.79 Å². The van der Waals surface area contributed by atoms with Crippen LogP contribution in [0.4, 0.5) is 0 Å². The van der Waals surface area contributed by atoms with Gasteiger partial charge in [0.05, 0.1) is 0 Å². The van der Waals surface area contributed by atoms with E-state index in [2.05, 4.69) is 26.1 Å². The molecule has 0 spiro atoms. The Labute approximate surface area is 83.8 Å². The zero-order valence-corrected chi connectivity index (χ0v) is 9.28. The van der Waals surface area contributed by atoms with Gasteiger partial charge in [0.1, 0.15) is 0 Å². The predicted octanol–water partition coefficient (Wildman–Crippen LogP) is 1.65. The molecule has 0 aliphatic carbocycles. The van der Waals surface area contributed by atoms with E-state index in [-0.39, 0.29) is 5.91 Å². The summed E-state index contributed by atoms with van der Waals surface area (Å²) in [5.41, 5.74) is 0.307. The number of hydrogen-bond donors (Lipinski definition) is 1. The molecular weight excluding hydrogens is 182 g/mol. The van der Waals surface area contributed by atoms with Gasteiger partial charge in [-0.2, -0.15) is 11.8 Å². The number of nitrogens with one attached hydrogen (secondary N) is 1. The predicted molar refractivity (Wildman–Crippen MR) is 55.7 cm³/mol. The van der Waals surface area contributed by atoms with Crippen molar-refractivity contribution >= 4 is 17.7 Å². The van der Waals surface area contributed by atoms with Crippen molar-refractivity contribution in [1.29, 1.82) is 0 Å². The lowest BCUT2D eigenvalue weighted by Crippen LogP contribution is -2.41. The average Bonchev–Trinajstić information content (AvgIpc) is 2.41. The molecule has 0 radical (unpaired) electrons. The smallest absolute Gasteiger partial charge is 0.220 e. The maximum atomic E-state index is 11.2. The van der Waals surface area contributed by atoms with E-state index in [4.69, 9.17) is 0 Å². The molecule has 74 valence electrons. The standard InChI is InChI=1S/C10H17NOS/c1-10(2,3)9-8-6(5-13-9)4-7(12)11-8/h6,8-9H,4-5H2,1-3H3,(H,11,12)/t6?,8?,9-/m1/s1. The van der Waals surface area contributed by atoms with Crippen LogP contribution in [0, 0.1) is 11.3 Å². The van der Waals surface area contributed by atoms with Gasteiger partial charge in [-0.25, -0.2) is 0 Å². The summed E-state index contributed by atoms with van der Waals surface area (Å²) < 4.78 is 0. The number of fused-ring (bicyclic) bond motifs is 1. The minimum Gasteiger partial charge on any atom is -0.352 e. The summed E-state index contributed by atoms with van der Waals surface area (Å²) in [7, 11) is 0. The highest BCUT2D eigenvalue weighted by Crippen LogP contribution is 2.45. The van der Waals surface area contributed by atoms with Gasteiger partial charge >= 0.3 is 0 Å². The van der Waals surface area contributed by atoms with Crippen LogP contribution >= 0.6 is 11.8 Å². The molecule has 1 N–H and O–H groups in total. The molecule has 2 aliphatic heterocycles. The van der Waals surface area contributed by atoms with Crippen LogP contribution in [-0.2, 0) is 4.79 Å². The number of hydrogen-bond acceptors (Lipinski definition) is 2. The monoisotopic (exact) mass is 199 g/mol. The van der Waals surface area contributed by atoms with E-state index in [0.29, 0.717) is 22.6 Å². The molecule has 2 rings (SSSR count). The van der Waals surface area contributed by atoms with Crippen molar-refractivity contribution in [1.82, 2.24) is 5.32 Å². The second-order valence-corrected chi connectivity index (χ2v) is 6.35. The van der Waals surface area contributed by atoms with Crippen molar-refractivity contribution in [2.75, 3.05) is 5.75 Å². The first-order valence-corrected chi connectivity index (χ1v) is 5.94. The highest BCUT2D eigenvalue weighted by atomic mass is 32.2. The number of carbonyl (C=O) groups is 1. The number of amides is 1. The van der Waals surface area contributed by atoms with Gasteiger partial charge in [0.25, 0.3) is 0 Å². The summed E-state index contributed by atoms with van der Waals surface area (Å²) in [4.78, 5) is 11.2. The van der Waals surface area contributed by atoms with E-state index in [9.17, 15) is 4.79 Å². The Kier molecular flexibility index (Phi) is 2.10. The maximum absolute atomic E-state index is 11.2. The molecule has 2 heterocycles. The molecule has 2 unspecified atom stereocenters. The molecule has 0 bridgehead atoms. The van der Waals surface area contributed by atoms with E-state index in [1.54, 1.807) is 0 Å². The molecule has 3 heteroatoms. The Balaban J connectivity index is 2.13. The van der Waals surface area contributed by atoms with E-state index in [1.165, 1.54) is 0 Å². The van der Waals surface area contributed by atoms with Crippen molar-refractivity contribution in [3.05, 3.63) is 0 Å². The van der Waals surface area contributed by atoms with Crippen LogP contribution in [0.1, 0.15) is 27.2 Å². The lowest BCUT2D eigenvalue weighted by molar-refractivity contribution is -0.119. The minimum absolute atomic E-state index is 0.254. The van der Waals surface area contributed by atoms with Gasteiger partial charge in [-0.05, 0) is 17.1 Å². The fourth-order valence-electron chi connectivity index (χ4n) is 2.33. The van der Waals surface area contributed by atoms with Crippen LogP contribution in [0.2, 0.25) is 0 Å². The summed E-state index contributed by atoms with van der Waals surface area (Å²) >= 11 is 2.03. The summed E-state index contributed by atoms with van der Waals surface area (Å²) in [6.45, 7) is 6.78. The average molecular weight is 199 g/mol. The SMILES string of the molecule is CC(C)(C)[C@@H]1SCC2CC(=O)NC21. The molecule has 0 aromatic heterocycles. The molecule has 1 amide bonds. The molecule has 13 heavy (non-hydrogen) atoms. The first kappa shape index (κ1) is 9.38. The quantitative estimate of drug-likeness (QED) is 0.643. The first-order chi connectivity index (χ1) is 5.98. The Morgan fingerprint density at radius 1 is 1.46 bits per heavy atom. The Bertz CT molecular complexity index is 234.